The van der Waals surface area contributed by atoms with Crippen molar-refractivity contribution in [2.24, 2.45) is 0 Å². The van der Waals surface area contributed by atoms with E-state index in [1.807, 2.05) is 0 Å². The monoisotopic (exact) mass is 396 g/mol. The fourth-order valence-electron chi connectivity index (χ4n) is 1.04. The van der Waals surface area contributed by atoms with Gasteiger partial charge in [-0.3, -0.25) is 0 Å². The molecule has 60 valence electrons. The van der Waals surface area contributed by atoms with Crippen molar-refractivity contribution in [3.8, 4) is 0 Å². The lowest BCUT2D eigenvalue weighted by molar-refractivity contribution is 0.574. The Balaban J connectivity index is 2.52. The van der Waals surface area contributed by atoms with Crippen LogP contribution in [0.3, 0.4) is 0 Å². The van der Waals surface area contributed by atoms with Crippen LogP contribution in [0.4, 0.5) is 0 Å². The van der Waals surface area contributed by atoms with Crippen LogP contribution < -0.4 is 0 Å². The Labute approximate surface area is 95.0 Å². The van der Waals surface area contributed by atoms with E-state index in [1.54, 1.807) is 0 Å². The molecule has 0 aromatic heterocycles. The van der Waals surface area contributed by atoms with Gasteiger partial charge in [-0.1, -0.05) is 63.7 Å². The molecule has 0 aromatic carbocycles. The largest absolute Gasteiger partial charge is 0.0878 e. The second-order valence-corrected chi connectivity index (χ2v) is 6.97. The highest BCUT2D eigenvalue weighted by Gasteiger charge is 2.33. The Morgan fingerprint density at radius 2 is 1.00 bits per heavy atom. The summed E-state index contributed by atoms with van der Waals surface area (Å²) in [5.41, 5.74) is 0. The summed E-state index contributed by atoms with van der Waals surface area (Å²) in [6.45, 7) is 0. The predicted octanol–water partition coefficient (Wildman–Crippen LogP) is 3.83. The van der Waals surface area contributed by atoms with Crippen molar-refractivity contribution in [1.29, 1.82) is 0 Å². The van der Waals surface area contributed by atoms with Crippen molar-refractivity contribution in [1.82, 2.24) is 0 Å². The van der Waals surface area contributed by atoms with Gasteiger partial charge in [0.15, 0.2) is 0 Å². The summed E-state index contributed by atoms with van der Waals surface area (Å²) in [6.07, 6.45) is 2.49. The minimum Gasteiger partial charge on any atom is -0.0878 e. The Hall–Kier alpha value is 1.92. The molecule has 0 amide bonds. The second kappa shape index (κ2) is 4.24. The van der Waals surface area contributed by atoms with E-state index < -0.39 is 0 Å². The zero-order valence-corrected chi connectivity index (χ0v) is 11.6. The first-order valence-corrected chi connectivity index (χ1v) is 6.85. The topological polar surface area (TPSA) is 0 Å². The first-order valence-electron chi connectivity index (χ1n) is 3.19. The van der Waals surface area contributed by atoms with Gasteiger partial charge in [0.05, 0.1) is 0 Å². The third kappa shape index (κ3) is 2.20. The lowest BCUT2D eigenvalue weighted by Crippen LogP contribution is -2.36. The Kier molecular flexibility index (Phi) is 4.24. The van der Waals surface area contributed by atoms with Gasteiger partial charge in [-0.25, -0.2) is 0 Å². The Morgan fingerprint density at radius 3 is 1.30 bits per heavy atom. The van der Waals surface area contributed by atoms with Gasteiger partial charge in [-0.2, -0.15) is 0 Å². The molecule has 0 aromatic rings. The number of alkyl halides is 4. The smallest absolute Gasteiger partial charge is 0.0407 e. The van der Waals surface area contributed by atoms with Crippen LogP contribution in [-0.2, 0) is 0 Å². The molecular formula is C6H8Br4. The summed E-state index contributed by atoms with van der Waals surface area (Å²) in [6, 6.07) is 0. The molecule has 1 aliphatic carbocycles. The molecule has 0 saturated heterocycles. The SMILES string of the molecule is Br[C@@H]1[C@H](Br)[C@H](Br)CC[C@@H]1Br. The average Bonchev–Trinajstić information content (AvgIpc) is 1.93. The highest BCUT2D eigenvalue weighted by atomic mass is 79.9. The molecule has 1 saturated carbocycles. The zero-order chi connectivity index (χ0) is 7.72. The van der Waals surface area contributed by atoms with Crippen molar-refractivity contribution in [2.45, 2.75) is 32.2 Å². The molecule has 0 heterocycles. The second-order valence-electron chi connectivity index (χ2n) is 2.50. The maximum atomic E-state index is 3.64. The highest BCUT2D eigenvalue weighted by molar-refractivity contribution is 9.14. The number of hydrogen-bond acceptors (Lipinski definition) is 0. The summed E-state index contributed by atoms with van der Waals surface area (Å²) < 4.78 is 0. The van der Waals surface area contributed by atoms with Crippen LogP contribution in [0, 0.1) is 0 Å². The van der Waals surface area contributed by atoms with E-state index in [-0.39, 0.29) is 0 Å². The minimum absolute atomic E-state index is 0.547. The molecule has 0 radical (unpaired) electrons. The molecule has 0 unspecified atom stereocenters. The molecule has 10 heavy (non-hydrogen) atoms. The minimum atomic E-state index is 0.547. The third-order valence-corrected chi connectivity index (χ3v) is 8.31. The van der Waals surface area contributed by atoms with E-state index in [0.717, 1.165) is 0 Å². The van der Waals surface area contributed by atoms with E-state index in [1.165, 1.54) is 12.8 Å². The standard InChI is InChI=1S/C6H8Br4/c7-3-1-2-4(8)6(10)5(3)9/h3-6H,1-2H2/t3-,4+,5-,6+. The maximum absolute atomic E-state index is 3.64. The van der Waals surface area contributed by atoms with Crippen molar-refractivity contribution >= 4 is 63.7 Å². The summed E-state index contributed by atoms with van der Waals surface area (Å²) in [4.78, 5) is 2.33. The van der Waals surface area contributed by atoms with E-state index >= 15 is 0 Å². The predicted molar refractivity (Wildman–Crippen MR) is 60.1 cm³/mol. The van der Waals surface area contributed by atoms with Crippen molar-refractivity contribution in [3.05, 3.63) is 0 Å². The molecule has 0 bridgehead atoms. The van der Waals surface area contributed by atoms with Crippen LogP contribution in [-0.4, -0.2) is 19.3 Å². The first-order chi connectivity index (χ1) is 4.63. The molecule has 0 nitrogen and oxygen atoms in total. The van der Waals surface area contributed by atoms with Crippen LogP contribution in [0.25, 0.3) is 0 Å². The van der Waals surface area contributed by atoms with Gasteiger partial charge < -0.3 is 0 Å². The van der Waals surface area contributed by atoms with Gasteiger partial charge in [0, 0.05) is 19.3 Å². The summed E-state index contributed by atoms with van der Waals surface area (Å²) in [7, 11) is 0. The molecule has 0 spiro atoms. The summed E-state index contributed by atoms with van der Waals surface area (Å²) in [5, 5.41) is 0. The molecule has 1 fully saturated rings. The Morgan fingerprint density at radius 1 is 0.700 bits per heavy atom. The molecular weight excluding hydrogens is 392 g/mol. The number of rotatable bonds is 0. The lowest BCUT2D eigenvalue weighted by atomic mass is 10.0. The fourth-order valence-corrected chi connectivity index (χ4v) is 4.31. The fraction of sp³-hybridized carbons (Fsp3) is 1.00. The highest BCUT2D eigenvalue weighted by Crippen LogP contribution is 2.37. The molecule has 0 N–H and O–H groups in total. The van der Waals surface area contributed by atoms with Gasteiger partial charge in [-0.15, -0.1) is 0 Å². The van der Waals surface area contributed by atoms with Crippen molar-refractivity contribution < 1.29 is 0 Å². The van der Waals surface area contributed by atoms with Crippen molar-refractivity contribution in [2.75, 3.05) is 0 Å². The van der Waals surface area contributed by atoms with Gasteiger partial charge in [0.25, 0.3) is 0 Å². The quantitative estimate of drug-likeness (QED) is 0.543. The zero-order valence-electron chi connectivity index (χ0n) is 5.24. The van der Waals surface area contributed by atoms with E-state index in [9.17, 15) is 0 Å². The van der Waals surface area contributed by atoms with Crippen LogP contribution in [0.15, 0.2) is 0 Å². The average molecular weight is 400 g/mol. The normalized spacial score (nSPS) is 49.2. The molecule has 1 rings (SSSR count). The summed E-state index contributed by atoms with van der Waals surface area (Å²) in [5.74, 6) is 0. The number of halogens is 4. The number of hydrogen-bond donors (Lipinski definition) is 0. The van der Waals surface area contributed by atoms with Crippen LogP contribution >= 0.6 is 63.7 Å². The molecule has 0 aliphatic heterocycles. The lowest BCUT2D eigenvalue weighted by Gasteiger charge is -2.31. The maximum Gasteiger partial charge on any atom is 0.0407 e. The van der Waals surface area contributed by atoms with Crippen LogP contribution in [0.2, 0.25) is 0 Å². The van der Waals surface area contributed by atoms with Gasteiger partial charge >= 0.3 is 0 Å². The van der Waals surface area contributed by atoms with E-state index in [2.05, 4.69) is 63.7 Å². The molecule has 1 aliphatic rings. The summed E-state index contributed by atoms with van der Waals surface area (Å²) >= 11 is 14.5. The third-order valence-electron chi connectivity index (χ3n) is 1.71. The van der Waals surface area contributed by atoms with Gasteiger partial charge in [-0.05, 0) is 12.8 Å². The molecule has 4 atom stereocenters. The van der Waals surface area contributed by atoms with E-state index in [0.29, 0.717) is 19.3 Å². The molecule has 4 heteroatoms. The van der Waals surface area contributed by atoms with Crippen molar-refractivity contribution in [3.63, 3.8) is 0 Å². The van der Waals surface area contributed by atoms with Crippen LogP contribution in [0.1, 0.15) is 12.8 Å². The van der Waals surface area contributed by atoms with Crippen LogP contribution in [0.5, 0.6) is 0 Å². The van der Waals surface area contributed by atoms with E-state index in [4.69, 9.17) is 0 Å². The van der Waals surface area contributed by atoms with Gasteiger partial charge in [0.1, 0.15) is 0 Å². The first kappa shape index (κ1) is 10.0. The Bertz CT molecular complexity index is 102. The van der Waals surface area contributed by atoms with Gasteiger partial charge in [0.2, 0.25) is 0 Å².